The summed E-state index contributed by atoms with van der Waals surface area (Å²) in [6.07, 6.45) is 13.0. The monoisotopic (exact) mass is 280 g/mol. The molecule has 1 heterocycles. The van der Waals surface area contributed by atoms with Crippen molar-refractivity contribution in [3.05, 3.63) is 0 Å². The molecule has 2 aliphatic rings. The highest BCUT2D eigenvalue weighted by atomic mass is 15.1. The Morgan fingerprint density at radius 2 is 1.50 bits per heavy atom. The molecule has 2 fully saturated rings. The van der Waals surface area contributed by atoms with E-state index in [9.17, 15) is 0 Å². The normalized spacial score (nSPS) is 24.8. The van der Waals surface area contributed by atoms with Gasteiger partial charge in [0.15, 0.2) is 0 Å². The van der Waals surface area contributed by atoms with Crippen LogP contribution < -0.4 is 5.32 Å². The first kappa shape index (κ1) is 16.3. The molecule has 20 heavy (non-hydrogen) atoms. The van der Waals surface area contributed by atoms with Crippen LogP contribution in [-0.2, 0) is 0 Å². The fourth-order valence-corrected chi connectivity index (χ4v) is 4.09. The summed E-state index contributed by atoms with van der Waals surface area (Å²) in [6, 6.07) is 0. The van der Waals surface area contributed by atoms with Gasteiger partial charge in [0, 0.05) is 13.1 Å². The lowest BCUT2D eigenvalue weighted by Gasteiger charge is -2.41. The van der Waals surface area contributed by atoms with Crippen molar-refractivity contribution in [2.45, 2.75) is 71.6 Å². The minimum atomic E-state index is 0.581. The van der Waals surface area contributed by atoms with Crippen molar-refractivity contribution in [2.75, 3.05) is 32.7 Å². The molecule has 2 heteroatoms. The van der Waals surface area contributed by atoms with Crippen LogP contribution in [-0.4, -0.2) is 37.6 Å². The van der Waals surface area contributed by atoms with Gasteiger partial charge in [0.2, 0.25) is 0 Å². The number of rotatable bonds is 6. The van der Waals surface area contributed by atoms with Gasteiger partial charge in [-0.05, 0) is 56.7 Å². The molecule has 0 unspecified atom stereocenters. The summed E-state index contributed by atoms with van der Waals surface area (Å²) < 4.78 is 0. The summed E-state index contributed by atoms with van der Waals surface area (Å²) in [6.45, 7) is 11.1. The maximum Gasteiger partial charge on any atom is 0.00501 e. The first-order valence-corrected chi connectivity index (χ1v) is 9.13. The Morgan fingerprint density at radius 1 is 0.900 bits per heavy atom. The summed E-state index contributed by atoms with van der Waals surface area (Å²) in [7, 11) is 0. The van der Waals surface area contributed by atoms with Crippen molar-refractivity contribution >= 4 is 0 Å². The van der Waals surface area contributed by atoms with Crippen molar-refractivity contribution in [3.63, 3.8) is 0 Å². The van der Waals surface area contributed by atoms with Crippen LogP contribution in [0.5, 0.6) is 0 Å². The van der Waals surface area contributed by atoms with E-state index in [2.05, 4.69) is 24.1 Å². The molecule has 0 bridgehead atoms. The van der Waals surface area contributed by atoms with Gasteiger partial charge in [-0.1, -0.05) is 46.0 Å². The lowest BCUT2D eigenvalue weighted by molar-refractivity contribution is 0.103. The Balaban J connectivity index is 1.87. The molecular weight excluding hydrogens is 244 g/mol. The van der Waals surface area contributed by atoms with Crippen molar-refractivity contribution in [2.24, 2.45) is 11.3 Å². The van der Waals surface area contributed by atoms with E-state index < -0.39 is 0 Å². The summed E-state index contributed by atoms with van der Waals surface area (Å²) in [5.74, 6) is 0.772. The SMILES string of the molecule is CC(C)CNCC1(CN2CCCCCC2)CCCCC1. The van der Waals surface area contributed by atoms with Gasteiger partial charge in [0.25, 0.3) is 0 Å². The quantitative estimate of drug-likeness (QED) is 0.789. The molecule has 0 aromatic rings. The Bertz CT molecular complexity index is 248. The second-order valence-electron chi connectivity index (χ2n) is 7.78. The lowest BCUT2D eigenvalue weighted by atomic mass is 9.73. The molecule has 1 saturated carbocycles. The average Bonchev–Trinajstić information content (AvgIpc) is 2.68. The van der Waals surface area contributed by atoms with E-state index in [1.165, 1.54) is 90.5 Å². The van der Waals surface area contributed by atoms with E-state index in [0.717, 1.165) is 5.92 Å². The molecule has 1 N–H and O–H groups in total. The second kappa shape index (κ2) is 8.38. The molecule has 0 aromatic carbocycles. The minimum Gasteiger partial charge on any atom is -0.316 e. The van der Waals surface area contributed by atoms with Crippen LogP contribution in [0.3, 0.4) is 0 Å². The fourth-order valence-electron chi connectivity index (χ4n) is 4.09. The van der Waals surface area contributed by atoms with Gasteiger partial charge in [-0.2, -0.15) is 0 Å². The van der Waals surface area contributed by atoms with Crippen LogP contribution in [0, 0.1) is 11.3 Å². The highest BCUT2D eigenvalue weighted by Gasteiger charge is 2.33. The Hall–Kier alpha value is -0.0800. The molecule has 0 aromatic heterocycles. The Morgan fingerprint density at radius 3 is 2.10 bits per heavy atom. The van der Waals surface area contributed by atoms with Crippen LogP contribution in [0.2, 0.25) is 0 Å². The van der Waals surface area contributed by atoms with Gasteiger partial charge in [0.05, 0.1) is 0 Å². The third kappa shape index (κ3) is 5.37. The van der Waals surface area contributed by atoms with E-state index in [1.54, 1.807) is 0 Å². The fraction of sp³-hybridized carbons (Fsp3) is 1.00. The minimum absolute atomic E-state index is 0.581. The first-order valence-electron chi connectivity index (χ1n) is 9.13. The first-order chi connectivity index (χ1) is 9.70. The zero-order valence-corrected chi connectivity index (χ0v) is 13.9. The Labute approximate surface area is 126 Å². The van der Waals surface area contributed by atoms with Crippen molar-refractivity contribution in [3.8, 4) is 0 Å². The Kier molecular flexibility index (Phi) is 6.83. The predicted octanol–water partition coefficient (Wildman–Crippen LogP) is 4.06. The molecule has 0 atom stereocenters. The maximum absolute atomic E-state index is 3.77. The molecule has 0 spiro atoms. The smallest absolute Gasteiger partial charge is 0.00501 e. The number of hydrogen-bond acceptors (Lipinski definition) is 2. The molecule has 2 nitrogen and oxygen atoms in total. The van der Waals surface area contributed by atoms with E-state index >= 15 is 0 Å². The highest BCUT2D eigenvalue weighted by molar-refractivity contribution is 4.88. The van der Waals surface area contributed by atoms with Gasteiger partial charge >= 0.3 is 0 Å². The summed E-state index contributed by atoms with van der Waals surface area (Å²) in [5.41, 5.74) is 0.581. The highest BCUT2D eigenvalue weighted by Crippen LogP contribution is 2.37. The molecule has 2 rings (SSSR count). The second-order valence-corrected chi connectivity index (χ2v) is 7.78. The van der Waals surface area contributed by atoms with E-state index in [-0.39, 0.29) is 0 Å². The van der Waals surface area contributed by atoms with E-state index in [1.807, 2.05) is 0 Å². The molecule has 1 aliphatic heterocycles. The van der Waals surface area contributed by atoms with Gasteiger partial charge in [0.1, 0.15) is 0 Å². The van der Waals surface area contributed by atoms with Crippen LogP contribution in [0.1, 0.15) is 71.6 Å². The average molecular weight is 280 g/mol. The summed E-state index contributed by atoms with van der Waals surface area (Å²) in [5, 5.41) is 3.77. The molecule has 1 saturated heterocycles. The van der Waals surface area contributed by atoms with Gasteiger partial charge in [-0.3, -0.25) is 0 Å². The number of nitrogens with zero attached hydrogens (tertiary/aromatic N) is 1. The lowest BCUT2D eigenvalue weighted by Crippen LogP contribution is -2.46. The number of nitrogens with one attached hydrogen (secondary N) is 1. The third-order valence-corrected chi connectivity index (χ3v) is 5.22. The molecule has 118 valence electrons. The zero-order chi connectivity index (χ0) is 14.3. The molecule has 0 radical (unpaired) electrons. The zero-order valence-electron chi connectivity index (χ0n) is 13.9. The largest absolute Gasteiger partial charge is 0.316 e. The van der Waals surface area contributed by atoms with Crippen LogP contribution in [0.15, 0.2) is 0 Å². The van der Waals surface area contributed by atoms with E-state index in [4.69, 9.17) is 0 Å². The van der Waals surface area contributed by atoms with Crippen LogP contribution in [0.25, 0.3) is 0 Å². The van der Waals surface area contributed by atoms with Crippen molar-refractivity contribution in [1.82, 2.24) is 10.2 Å². The molecule has 1 aliphatic carbocycles. The van der Waals surface area contributed by atoms with Gasteiger partial charge in [-0.25, -0.2) is 0 Å². The summed E-state index contributed by atoms with van der Waals surface area (Å²) in [4.78, 5) is 2.79. The van der Waals surface area contributed by atoms with Crippen molar-refractivity contribution < 1.29 is 0 Å². The summed E-state index contributed by atoms with van der Waals surface area (Å²) >= 11 is 0. The standard InChI is InChI=1S/C18H36N2/c1-17(2)14-19-15-18(10-6-5-7-11-18)16-20-12-8-3-4-9-13-20/h17,19H,3-16H2,1-2H3. The molecular formula is C18H36N2. The maximum atomic E-state index is 3.77. The molecule has 0 amide bonds. The van der Waals surface area contributed by atoms with Crippen LogP contribution >= 0.6 is 0 Å². The van der Waals surface area contributed by atoms with Gasteiger partial charge in [-0.15, -0.1) is 0 Å². The van der Waals surface area contributed by atoms with Gasteiger partial charge < -0.3 is 10.2 Å². The number of likely N-dealkylation sites (tertiary alicyclic amines) is 1. The number of hydrogen-bond donors (Lipinski definition) is 1. The van der Waals surface area contributed by atoms with Crippen molar-refractivity contribution in [1.29, 1.82) is 0 Å². The van der Waals surface area contributed by atoms with Crippen LogP contribution in [0.4, 0.5) is 0 Å². The third-order valence-electron chi connectivity index (χ3n) is 5.22. The predicted molar refractivity (Wildman–Crippen MR) is 88.1 cm³/mol. The van der Waals surface area contributed by atoms with E-state index in [0.29, 0.717) is 5.41 Å². The topological polar surface area (TPSA) is 15.3 Å².